The summed E-state index contributed by atoms with van der Waals surface area (Å²) in [6.45, 7) is 11.2. The van der Waals surface area contributed by atoms with Crippen molar-refractivity contribution in [3.63, 3.8) is 0 Å². The Morgan fingerprint density at radius 1 is 1.25 bits per heavy atom. The van der Waals surface area contributed by atoms with E-state index in [1.165, 1.54) is 25.9 Å². The van der Waals surface area contributed by atoms with E-state index in [4.69, 9.17) is 10.5 Å². The highest BCUT2D eigenvalue weighted by molar-refractivity contribution is 5.78. The first-order chi connectivity index (χ1) is 9.41. The van der Waals surface area contributed by atoms with Crippen LogP contribution in [0.3, 0.4) is 0 Å². The van der Waals surface area contributed by atoms with E-state index in [1.807, 2.05) is 0 Å². The lowest BCUT2D eigenvalue weighted by molar-refractivity contribution is -0.0138. The number of aliphatic imine (C=N–C) groups is 1. The Balaban J connectivity index is 2.02. The topological polar surface area (TPSA) is 62.9 Å². The maximum absolute atomic E-state index is 6.02. The summed E-state index contributed by atoms with van der Waals surface area (Å²) in [4.78, 5) is 7.25. The molecule has 0 aromatic carbocycles. The Morgan fingerprint density at radius 2 is 1.85 bits per heavy atom. The normalized spacial score (nSPS) is 24.9. The van der Waals surface area contributed by atoms with Gasteiger partial charge in [0.25, 0.3) is 0 Å². The van der Waals surface area contributed by atoms with Crippen LogP contribution in [0.5, 0.6) is 0 Å². The molecule has 2 rings (SSSR count). The molecule has 0 saturated carbocycles. The fraction of sp³-hybridized carbons (Fsp3) is 0.933. The zero-order valence-corrected chi connectivity index (χ0v) is 13.2. The molecule has 5 heteroatoms. The maximum Gasteiger partial charge on any atom is 0.189 e. The highest BCUT2D eigenvalue weighted by atomic mass is 16.5. The highest BCUT2D eigenvalue weighted by Crippen LogP contribution is 2.31. The van der Waals surface area contributed by atoms with Gasteiger partial charge in [0.1, 0.15) is 0 Å². The quantitative estimate of drug-likeness (QED) is 0.605. The zero-order chi connectivity index (χ0) is 14.6. The van der Waals surface area contributed by atoms with Crippen LogP contribution in [-0.2, 0) is 4.74 Å². The summed E-state index contributed by atoms with van der Waals surface area (Å²) in [6.07, 6.45) is 4.75. The Morgan fingerprint density at radius 3 is 2.40 bits per heavy atom. The van der Waals surface area contributed by atoms with Crippen LogP contribution in [0.15, 0.2) is 4.99 Å². The minimum Gasteiger partial charge on any atom is -0.381 e. The smallest absolute Gasteiger partial charge is 0.189 e. The van der Waals surface area contributed by atoms with Gasteiger partial charge in [-0.25, -0.2) is 0 Å². The second-order valence-electron chi connectivity index (χ2n) is 7.11. The van der Waals surface area contributed by atoms with Crippen molar-refractivity contribution >= 4 is 5.96 Å². The molecule has 2 fully saturated rings. The molecular formula is C15H30N4O. The van der Waals surface area contributed by atoms with E-state index in [0.717, 1.165) is 32.6 Å². The third-order valence-corrected chi connectivity index (χ3v) is 4.25. The predicted octanol–water partition coefficient (Wildman–Crippen LogP) is 1.33. The first kappa shape index (κ1) is 15.6. The number of nitrogens with one attached hydrogen (secondary N) is 1. The number of hydrogen-bond donors (Lipinski definition) is 2. The van der Waals surface area contributed by atoms with E-state index in [-0.39, 0.29) is 11.1 Å². The molecule has 2 heterocycles. The fourth-order valence-electron chi connectivity index (χ4n) is 3.17. The van der Waals surface area contributed by atoms with Gasteiger partial charge in [0.15, 0.2) is 5.96 Å². The molecular weight excluding hydrogens is 252 g/mol. The first-order valence-electron chi connectivity index (χ1n) is 7.82. The van der Waals surface area contributed by atoms with E-state index in [9.17, 15) is 0 Å². The van der Waals surface area contributed by atoms with Crippen molar-refractivity contribution in [3.05, 3.63) is 0 Å². The molecule has 0 aliphatic carbocycles. The van der Waals surface area contributed by atoms with Gasteiger partial charge < -0.3 is 15.8 Å². The average Bonchev–Trinajstić information content (AvgIpc) is 2.90. The van der Waals surface area contributed by atoms with Crippen molar-refractivity contribution in [1.82, 2.24) is 10.2 Å². The minimum absolute atomic E-state index is 0.0376. The molecule has 0 bridgehead atoms. The summed E-state index contributed by atoms with van der Waals surface area (Å²) in [7, 11) is 0. The molecule has 0 unspecified atom stereocenters. The van der Waals surface area contributed by atoms with Gasteiger partial charge in [-0.15, -0.1) is 0 Å². The number of guanidine groups is 1. The Bertz CT molecular complexity index is 336. The maximum atomic E-state index is 6.02. The molecule has 2 aliphatic rings. The van der Waals surface area contributed by atoms with Gasteiger partial charge in [0, 0.05) is 24.3 Å². The molecule has 0 atom stereocenters. The number of hydrogen-bond acceptors (Lipinski definition) is 3. The van der Waals surface area contributed by atoms with Crippen molar-refractivity contribution in [1.29, 1.82) is 0 Å². The summed E-state index contributed by atoms with van der Waals surface area (Å²) in [5, 5.41) is 3.24. The lowest BCUT2D eigenvalue weighted by Crippen LogP contribution is -2.54. The average molecular weight is 282 g/mol. The molecule has 116 valence electrons. The Labute approximate surface area is 122 Å². The summed E-state index contributed by atoms with van der Waals surface area (Å²) in [5.74, 6) is 0.558. The predicted molar refractivity (Wildman–Crippen MR) is 83.0 cm³/mol. The van der Waals surface area contributed by atoms with E-state index >= 15 is 0 Å². The van der Waals surface area contributed by atoms with Gasteiger partial charge in [-0.3, -0.25) is 9.89 Å². The lowest BCUT2D eigenvalue weighted by Gasteiger charge is -2.43. The largest absolute Gasteiger partial charge is 0.381 e. The van der Waals surface area contributed by atoms with Gasteiger partial charge in [0.2, 0.25) is 0 Å². The third-order valence-electron chi connectivity index (χ3n) is 4.25. The van der Waals surface area contributed by atoms with Crippen LogP contribution in [0, 0.1) is 0 Å². The highest BCUT2D eigenvalue weighted by Gasteiger charge is 2.39. The van der Waals surface area contributed by atoms with Gasteiger partial charge in [-0.1, -0.05) is 0 Å². The van der Waals surface area contributed by atoms with Gasteiger partial charge >= 0.3 is 0 Å². The molecule has 0 aromatic heterocycles. The molecule has 0 radical (unpaired) electrons. The second-order valence-corrected chi connectivity index (χ2v) is 7.11. The summed E-state index contributed by atoms with van der Waals surface area (Å²) < 4.78 is 5.55. The third kappa shape index (κ3) is 4.09. The van der Waals surface area contributed by atoms with Crippen LogP contribution < -0.4 is 11.1 Å². The molecule has 5 nitrogen and oxygen atoms in total. The molecule has 20 heavy (non-hydrogen) atoms. The monoisotopic (exact) mass is 282 g/mol. The van der Waals surface area contributed by atoms with E-state index < -0.39 is 0 Å². The van der Waals surface area contributed by atoms with Crippen molar-refractivity contribution < 1.29 is 4.74 Å². The van der Waals surface area contributed by atoms with Gasteiger partial charge in [-0.05, 0) is 59.5 Å². The van der Waals surface area contributed by atoms with E-state index in [2.05, 4.69) is 36.0 Å². The molecule has 2 saturated heterocycles. The van der Waals surface area contributed by atoms with Crippen LogP contribution in [0.2, 0.25) is 0 Å². The Kier molecular flexibility index (Phi) is 4.91. The summed E-state index contributed by atoms with van der Waals surface area (Å²) in [6, 6.07) is 0. The summed E-state index contributed by atoms with van der Waals surface area (Å²) >= 11 is 0. The van der Waals surface area contributed by atoms with Crippen LogP contribution in [-0.4, -0.2) is 54.8 Å². The molecule has 0 aromatic rings. The van der Waals surface area contributed by atoms with Crippen molar-refractivity contribution in [2.75, 3.05) is 32.8 Å². The first-order valence-corrected chi connectivity index (χ1v) is 7.82. The van der Waals surface area contributed by atoms with Gasteiger partial charge in [0.05, 0.1) is 6.54 Å². The van der Waals surface area contributed by atoms with Crippen molar-refractivity contribution in [2.45, 2.75) is 57.5 Å². The van der Waals surface area contributed by atoms with E-state index in [0.29, 0.717) is 5.96 Å². The number of likely N-dealkylation sites (tertiary alicyclic amines) is 1. The lowest BCUT2D eigenvalue weighted by atomic mass is 9.88. The van der Waals surface area contributed by atoms with Crippen LogP contribution in [0.1, 0.15) is 46.5 Å². The van der Waals surface area contributed by atoms with Crippen molar-refractivity contribution in [3.8, 4) is 0 Å². The zero-order valence-electron chi connectivity index (χ0n) is 13.2. The van der Waals surface area contributed by atoms with Crippen molar-refractivity contribution in [2.24, 2.45) is 10.7 Å². The number of rotatable bonds is 3. The molecule has 2 aliphatic heterocycles. The van der Waals surface area contributed by atoms with Crippen LogP contribution in [0.4, 0.5) is 0 Å². The molecule has 3 N–H and O–H groups in total. The van der Waals surface area contributed by atoms with Crippen LogP contribution >= 0.6 is 0 Å². The standard InChI is InChI=1S/C15H30N4O/c1-14(2,3)18-13(16)17-12-15(6-10-20-11-7-15)19-8-4-5-9-19/h4-12H2,1-3H3,(H3,16,17,18). The van der Waals surface area contributed by atoms with Crippen LogP contribution in [0.25, 0.3) is 0 Å². The number of nitrogens with two attached hydrogens (primary N) is 1. The minimum atomic E-state index is -0.0376. The number of ether oxygens (including phenoxy) is 1. The molecule has 0 spiro atoms. The molecule has 0 amide bonds. The number of nitrogens with zero attached hydrogens (tertiary/aromatic N) is 2. The van der Waals surface area contributed by atoms with Gasteiger partial charge in [-0.2, -0.15) is 0 Å². The fourth-order valence-corrected chi connectivity index (χ4v) is 3.17. The van der Waals surface area contributed by atoms with E-state index in [1.54, 1.807) is 0 Å². The Hall–Kier alpha value is -0.810. The SMILES string of the molecule is CC(C)(C)NC(N)=NCC1(N2CCCC2)CCOCC1. The second kappa shape index (κ2) is 6.31. The summed E-state index contributed by atoms with van der Waals surface area (Å²) in [5.41, 5.74) is 6.15.